The van der Waals surface area contributed by atoms with Crippen LogP contribution in [0.15, 0.2) is 0 Å². The Morgan fingerprint density at radius 3 is 2.17 bits per heavy atom. The minimum absolute atomic E-state index is 0.00465. The summed E-state index contributed by atoms with van der Waals surface area (Å²) in [4.78, 5) is 37.7. The van der Waals surface area contributed by atoms with Crippen molar-refractivity contribution in [3.05, 3.63) is 0 Å². The number of fused-ring (bicyclic) bond motifs is 5. The molecule has 4 aliphatic carbocycles. The molecule has 0 spiro atoms. The summed E-state index contributed by atoms with van der Waals surface area (Å²) in [6, 6.07) is 0.0846. The smallest absolute Gasteiger partial charge is 0.233 e. The second-order valence-corrected chi connectivity index (χ2v) is 13.8. The third-order valence-electron chi connectivity index (χ3n) is 12.0. The molecule has 0 heterocycles. The first kappa shape index (κ1) is 31.2. The van der Waals surface area contributed by atoms with Crippen molar-refractivity contribution in [2.24, 2.45) is 63.5 Å². The molecule has 0 aromatic carbocycles. The molecule has 0 radical (unpaired) electrons. The lowest BCUT2D eigenvalue weighted by Gasteiger charge is -2.65. The van der Waals surface area contributed by atoms with Gasteiger partial charge in [-0.3, -0.25) is 14.4 Å². The number of rotatable bonds is 10. The van der Waals surface area contributed by atoms with Gasteiger partial charge in [0.15, 0.2) is 0 Å². The van der Waals surface area contributed by atoms with Crippen molar-refractivity contribution in [2.75, 3.05) is 26.2 Å². The lowest BCUT2D eigenvalue weighted by Crippen LogP contribution is -2.68. The van der Waals surface area contributed by atoms with Crippen LogP contribution in [0.5, 0.6) is 0 Å². The van der Waals surface area contributed by atoms with Crippen LogP contribution in [0.3, 0.4) is 0 Å². The first-order valence-electron chi connectivity index (χ1n) is 15.6. The summed E-state index contributed by atoms with van der Waals surface area (Å²) in [5, 5.41) is 19.4. The van der Waals surface area contributed by atoms with Gasteiger partial charge in [0.1, 0.15) is 0 Å². The Kier molecular flexibility index (Phi) is 9.85. The van der Waals surface area contributed by atoms with Crippen molar-refractivity contribution in [1.29, 1.82) is 0 Å². The number of carbonyl (C=O) groups is 3. The highest BCUT2D eigenvalue weighted by Crippen LogP contribution is 2.68. The van der Waals surface area contributed by atoms with E-state index >= 15 is 0 Å². The largest absolute Gasteiger partial charge is 0.396 e. The molecule has 0 saturated heterocycles. The topological polar surface area (TPSA) is 186 Å². The minimum Gasteiger partial charge on any atom is -0.396 e. The average Bonchev–Trinajstić information content (AvgIpc) is 3.30. The maximum Gasteiger partial charge on any atom is 0.233 e. The molecule has 8 unspecified atom stereocenters. The van der Waals surface area contributed by atoms with Gasteiger partial charge in [0.2, 0.25) is 17.7 Å². The van der Waals surface area contributed by atoms with Crippen LogP contribution in [0.1, 0.15) is 78.6 Å². The highest BCUT2D eigenvalue weighted by atomic mass is 16.3. The van der Waals surface area contributed by atoms with Crippen LogP contribution in [0.2, 0.25) is 0 Å². The van der Waals surface area contributed by atoms with Gasteiger partial charge in [-0.15, -0.1) is 0 Å². The third kappa shape index (κ3) is 5.65. The Balaban J connectivity index is 1.72. The maximum atomic E-state index is 12.8. The lowest BCUT2D eigenvalue weighted by atomic mass is 9.42. The molecule has 0 bridgehead atoms. The molecular formula is C30H54N6O4. The molecule has 3 amide bonds. The van der Waals surface area contributed by atoms with Gasteiger partial charge < -0.3 is 38.3 Å². The van der Waals surface area contributed by atoms with Crippen molar-refractivity contribution in [3.63, 3.8) is 0 Å². The number of aliphatic hydroxyl groups is 1. The van der Waals surface area contributed by atoms with Gasteiger partial charge in [-0.25, -0.2) is 0 Å². The van der Waals surface area contributed by atoms with E-state index in [0.717, 1.165) is 57.8 Å². The summed E-state index contributed by atoms with van der Waals surface area (Å²) < 4.78 is 0. The van der Waals surface area contributed by atoms with Crippen LogP contribution >= 0.6 is 0 Å². The molecule has 11 atom stereocenters. The van der Waals surface area contributed by atoms with Crippen LogP contribution in [0.25, 0.3) is 0 Å². The Bertz CT molecular complexity index is 934. The van der Waals surface area contributed by atoms with Crippen LogP contribution in [-0.4, -0.2) is 67.2 Å². The Hall–Kier alpha value is -1.75. The number of hydrogen-bond donors (Lipinski definition) is 7. The van der Waals surface area contributed by atoms with Crippen LogP contribution in [0, 0.1) is 46.3 Å². The van der Waals surface area contributed by atoms with E-state index in [9.17, 15) is 19.5 Å². The molecule has 4 aliphatic rings. The van der Waals surface area contributed by atoms with Crippen molar-refractivity contribution in [3.8, 4) is 0 Å². The third-order valence-corrected chi connectivity index (χ3v) is 12.0. The fraction of sp³-hybridized carbons (Fsp3) is 0.900. The monoisotopic (exact) mass is 562 g/mol. The highest BCUT2D eigenvalue weighted by molar-refractivity contribution is 5.79. The zero-order valence-electron chi connectivity index (χ0n) is 24.8. The van der Waals surface area contributed by atoms with E-state index in [0.29, 0.717) is 29.6 Å². The molecule has 0 aromatic rings. The minimum atomic E-state index is -0.137. The lowest BCUT2D eigenvalue weighted by molar-refractivity contribution is -0.153. The van der Waals surface area contributed by atoms with Crippen molar-refractivity contribution >= 4 is 17.7 Å². The predicted molar refractivity (Wildman–Crippen MR) is 154 cm³/mol. The van der Waals surface area contributed by atoms with Gasteiger partial charge in [-0.05, 0) is 104 Å². The molecule has 4 saturated carbocycles. The van der Waals surface area contributed by atoms with Gasteiger partial charge in [0, 0.05) is 24.7 Å². The molecule has 228 valence electrons. The molecule has 40 heavy (non-hydrogen) atoms. The predicted octanol–water partition coefficient (Wildman–Crippen LogP) is 0.604. The van der Waals surface area contributed by atoms with Gasteiger partial charge in [-0.1, -0.05) is 20.8 Å². The number of nitrogens with one attached hydrogen (secondary N) is 3. The molecular weight excluding hydrogens is 508 g/mol. The summed E-state index contributed by atoms with van der Waals surface area (Å²) in [6.45, 7) is 7.19. The normalized spacial score (nSPS) is 41.2. The summed E-state index contributed by atoms with van der Waals surface area (Å²) in [7, 11) is 0. The standard InChI is InChI=1S/C30H54N6O4/c1-17(5-4-10-37)20-6-7-21-28-22(13-24(30(20,21)3)36-27(40)16-33)29(2)9-8-19(34-25(38)14-31)11-18(29)12-23(28)35-26(39)15-32/h17-24,28,37H,4-16,31-33H2,1-3H3,(H,34,38)(H,35,39)(H,36,40)/t17-,18?,19?,20?,21+,22+,23?,24?,28?,29?,30?/m1/s1. The fourth-order valence-corrected chi connectivity index (χ4v) is 10.2. The molecule has 10 N–H and O–H groups in total. The zero-order chi connectivity index (χ0) is 29.2. The maximum absolute atomic E-state index is 12.8. The van der Waals surface area contributed by atoms with Crippen molar-refractivity contribution in [2.45, 2.75) is 96.7 Å². The Morgan fingerprint density at radius 2 is 1.52 bits per heavy atom. The second-order valence-electron chi connectivity index (χ2n) is 13.8. The second kappa shape index (κ2) is 12.6. The van der Waals surface area contributed by atoms with E-state index in [-0.39, 0.29) is 78.8 Å². The van der Waals surface area contributed by atoms with E-state index in [2.05, 4.69) is 36.7 Å². The summed E-state index contributed by atoms with van der Waals surface area (Å²) in [5.41, 5.74) is 17.1. The number of carbonyl (C=O) groups excluding carboxylic acids is 3. The fourth-order valence-electron chi connectivity index (χ4n) is 10.2. The van der Waals surface area contributed by atoms with E-state index < -0.39 is 0 Å². The van der Waals surface area contributed by atoms with E-state index in [4.69, 9.17) is 17.2 Å². The Morgan fingerprint density at radius 1 is 0.875 bits per heavy atom. The van der Waals surface area contributed by atoms with Gasteiger partial charge >= 0.3 is 0 Å². The van der Waals surface area contributed by atoms with Crippen molar-refractivity contribution in [1.82, 2.24) is 16.0 Å². The average molecular weight is 563 g/mol. The molecule has 10 nitrogen and oxygen atoms in total. The number of amides is 3. The summed E-state index contributed by atoms with van der Waals surface area (Å²) in [5.74, 6) is 1.73. The highest BCUT2D eigenvalue weighted by Gasteiger charge is 2.66. The van der Waals surface area contributed by atoms with Gasteiger partial charge in [-0.2, -0.15) is 0 Å². The number of aliphatic hydroxyl groups excluding tert-OH is 1. The van der Waals surface area contributed by atoms with Crippen LogP contribution in [-0.2, 0) is 14.4 Å². The molecule has 4 fully saturated rings. The first-order chi connectivity index (χ1) is 19.0. The van der Waals surface area contributed by atoms with E-state index in [1.807, 2.05) is 0 Å². The van der Waals surface area contributed by atoms with Gasteiger partial charge in [0.05, 0.1) is 19.6 Å². The molecule has 10 heteroatoms. The summed E-state index contributed by atoms with van der Waals surface area (Å²) >= 11 is 0. The van der Waals surface area contributed by atoms with Crippen molar-refractivity contribution < 1.29 is 19.5 Å². The molecule has 0 aromatic heterocycles. The van der Waals surface area contributed by atoms with Crippen LogP contribution in [0.4, 0.5) is 0 Å². The first-order valence-corrected chi connectivity index (χ1v) is 15.6. The summed E-state index contributed by atoms with van der Waals surface area (Å²) in [6.07, 6.45) is 8.36. The molecule has 0 aliphatic heterocycles. The van der Waals surface area contributed by atoms with Crippen LogP contribution < -0.4 is 33.2 Å². The Labute approximate surface area is 239 Å². The zero-order valence-corrected chi connectivity index (χ0v) is 24.8. The van der Waals surface area contributed by atoms with E-state index in [1.54, 1.807) is 0 Å². The quantitative estimate of drug-likeness (QED) is 0.203. The number of nitrogens with two attached hydrogens (primary N) is 3. The van der Waals surface area contributed by atoms with E-state index in [1.165, 1.54) is 0 Å². The SMILES string of the molecule is C[C@H](CCCO)C1CC[C@H]2C3C(NC(=O)CN)CC4CC(NC(=O)CN)CCC4(C)[C@H]3CC(NC(=O)CN)C12C. The molecule has 4 rings (SSSR count). The van der Waals surface area contributed by atoms with Gasteiger partial charge in [0.25, 0.3) is 0 Å². The number of hydrogen-bond acceptors (Lipinski definition) is 7.